The van der Waals surface area contributed by atoms with E-state index in [1.165, 1.54) is 100 Å². The van der Waals surface area contributed by atoms with Crippen LogP contribution in [0.3, 0.4) is 0 Å². The summed E-state index contributed by atoms with van der Waals surface area (Å²) in [5.41, 5.74) is 25.2. The van der Waals surface area contributed by atoms with E-state index in [1.807, 2.05) is 0 Å². The van der Waals surface area contributed by atoms with E-state index in [1.54, 1.807) is 0 Å². The molecule has 8 aromatic carbocycles. The molecule has 75 heavy (non-hydrogen) atoms. The third kappa shape index (κ3) is 11.2. The van der Waals surface area contributed by atoms with Crippen molar-refractivity contribution in [1.29, 1.82) is 0 Å². The van der Waals surface area contributed by atoms with Crippen molar-refractivity contribution < 1.29 is 9.05 Å². The van der Waals surface area contributed by atoms with Crippen LogP contribution in [0.4, 0.5) is 0 Å². The van der Waals surface area contributed by atoms with Crippen molar-refractivity contribution in [1.82, 2.24) is 0 Å². The van der Waals surface area contributed by atoms with Crippen LogP contribution >= 0.6 is 9.03 Å². The second kappa shape index (κ2) is 23.8. The zero-order valence-electron chi connectivity index (χ0n) is 47.9. The second-order valence-electron chi connectivity index (χ2n) is 23.2. The van der Waals surface area contributed by atoms with Gasteiger partial charge in [-0.3, -0.25) is 0 Å². The summed E-state index contributed by atoms with van der Waals surface area (Å²) in [4.78, 5) is 0. The Balaban J connectivity index is 1.47. The smallest absolute Gasteiger partial charge is 0.275 e. The summed E-state index contributed by atoms with van der Waals surface area (Å²) in [5, 5.41) is 0. The van der Waals surface area contributed by atoms with Crippen LogP contribution in [0.15, 0.2) is 158 Å². The van der Waals surface area contributed by atoms with Gasteiger partial charge in [0.05, 0.1) is 0 Å². The minimum Gasteiger partial charge on any atom is -0.440 e. The van der Waals surface area contributed by atoms with Gasteiger partial charge in [0.25, 0.3) is 9.03 Å². The Morgan fingerprint density at radius 3 is 0.680 bits per heavy atom. The number of hydrogen-bond acceptors (Lipinski definition) is 2. The van der Waals surface area contributed by atoms with Gasteiger partial charge in [0.15, 0.2) is 0 Å². The molecule has 2 nitrogen and oxygen atoms in total. The lowest BCUT2D eigenvalue weighted by Gasteiger charge is -2.30. The molecule has 0 aliphatic carbocycles. The van der Waals surface area contributed by atoms with Crippen molar-refractivity contribution in [2.75, 3.05) is 0 Å². The van der Waals surface area contributed by atoms with Gasteiger partial charge in [0.2, 0.25) is 0 Å². The number of rotatable bonds is 18. The molecule has 0 bridgehead atoms. The van der Waals surface area contributed by atoms with Crippen LogP contribution in [-0.2, 0) is 0 Å². The Labute approximate surface area is 454 Å². The van der Waals surface area contributed by atoms with Gasteiger partial charge in [-0.25, -0.2) is 0 Å². The largest absolute Gasteiger partial charge is 0.440 e. The lowest BCUT2D eigenvalue weighted by Crippen LogP contribution is -2.07. The van der Waals surface area contributed by atoms with Crippen molar-refractivity contribution in [2.24, 2.45) is 0 Å². The van der Waals surface area contributed by atoms with E-state index in [9.17, 15) is 0 Å². The first-order chi connectivity index (χ1) is 35.9. The summed E-state index contributed by atoms with van der Waals surface area (Å²) < 4.78 is 14.9. The van der Waals surface area contributed by atoms with Gasteiger partial charge in [-0.15, -0.1) is 0 Å². The molecule has 0 aliphatic heterocycles. The van der Waals surface area contributed by atoms with Gasteiger partial charge >= 0.3 is 0 Å². The molecule has 3 heteroatoms. The quantitative estimate of drug-likeness (QED) is 0.0798. The van der Waals surface area contributed by atoms with Gasteiger partial charge in [-0.2, -0.15) is 0 Å². The van der Waals surface area contributed by atoms with Gasteiger partial charge in [0.1, 0.15) is 11.5 Å². The first kappa shape index (κ1) is 55.0. The maximum Gasteiger partial charge on any atom is 0.275 e. The average molecular weight is 1010 g/mol. The highest BCUT2D eigenvalue weighted by Gasteiger charge is 2.31. The maximum atomic E-state index is 7.45. The predicted octanol–water partition coefficient (Wildman–Crippen LogP) is 22.6. The van der Waals surface area contributed by atoms with Crippen LogP contribution in [0.25, 0.3) is 66.8 Å². The average Bonchev–Trinajstić information content (AvgIpc) is 3.40. The van der Waals surface area contributed by atoms with Crippen LogP contribution in [0, 0.1) is 0 Å². The lowest BCUT2D eigenvalue weighted by molar-refractivity contribution is 0.518. The van der Waals surface area contributed by atoms with Crippen LogP contribution in [0.1, 0.15) is 203 Å². The van der Waals surface area contributed by atoms with Crippen molar-refractivity contribution in [3.05, 3.63) is 202 Å². The van der Waals surface area contributed by atoms with E-state index >= 15 is 0 Å². The zero-order valence-corrected chi connectivity index (χ0v) is 48.9. The van der Waals surface area contributed by atoms with E-state index in [2.05, 4.69) is 269 Å². The molecule has 0 heterocycles. The monoisotopic (exact) mass is 1010 g/mol. The molecule has 8 aromatic rings. The minimum absolute atomic E-state index is 0.258. The first-order valence-electron chi connectivity index (χ1n) is 28.0. The molecule has 0 saturated heterocycles. The van der Waals surface area contributed by atoms with Crippen LogP contribution in [-0.4, -0.2) is 0 Å². The molecule has 0 aromatic heterocycles. The molecule has 0 amide bonds. The van der Waals surface area contributed by atoms with E-state index in [-0.39, 0.29) is 56.4 Å². The molecule has 0 radical (unpaired) electrons. The van der Waals surface area contributed by atoms with Crippen LogP contribution in [0.2, 0.25) is 0 Å². The molecule has 0 N–H and O–H groups in total. The summed E-state index contributed by atoms with van der Waals surface area (Å²) in [6.45, 7) is 37.3. The minimum atomic E-state index is -0.360. The molecule has 0 saturated carbocycles. The number of benzene rings is 8. The first-order valence-corrected chi connectivity index (χ1v) is 28.8. The van der Waals surface area contributed by atoms with E-state index in [0.717, 1.165) is 22.6 Å². The Hall–Kier alpha value is -6.21. The molecule has 8 rings (SSSR count). The molecule has 0 atom stereocenters. The molecular weight excluding hydrogens is 928 g/mol. The fourth-order valence-electron chi connectivity index (χ4n) is 11.5. The van der Waals surface area contributed by atoms with E-state index in [4.69, 9.17) is 9.05 Å². The topological polar surface area (TPSA) is 18.5 Å². The Bertz CT molecular complexity index is 2920. The highest BCUT2D eigenvalue weighted by atomic mass is 31.1. The van der Waals surface area contributed by atoms with Gasteiger partial charge in [-0.1, -0.05) is 256 Å². The zero-order chi connectivity index (χ0) is 53.8. The SMILES string of the molecule is CC(C)c1cccc(C(C)C)c1-c1c(OPOc2ccc(-c3ccccc3)c(-c3c(C(C)C)cccc3C(C)C)c2-c2c(C(C)C)cccc2C(C)C)ccc(-c2ccccc2)c1-c1c(C(C)C)cccc1C(C)C. The molecule has 0 fully saturated rings. The summed E-state index contributed by atoms with van der Waals surface area (Å²) in [5.74, 6) is 3.80. The molecule has 388 valence electrons. The molecular formula is C72H83O2P. The third-order valence-corrected chi connectivity index (χ3v) is 15.9. The highest BCUT2D eigenvalue weighted by molar-refractivity contribution is 7.27. The lowest BCUT2D eigenvalue weighted by atomic mass is 9.76. The van der Waals surface area contributed by atoms with Crippen molar-refractivity contribution in [3.8, 4) is 78.3 Å². The summed E-state index contributed by atoms with van der Waals surface area (Å²) >= 11 is 0. The maximum absolute atomic E-state index is 7.45. The Morgan fingerprint density at radius 2 is 0.453 bits per heavy atom. The van der Waals surface area contributed by atoms with Crippen LogP contribution in [0.5, 0.6) is 11.5 Å². The van der Waals surface area contributed by atoms with Crippen molar-refractivity contribution in [2.45, 2.75) is 158 Å². The summed E-state index contributed by atoms with van der Waals surface area (Å²) in [7, 11) is -0.360. The van der Waals surface area contributed by atoms with Gasteiger partial charge in [-0.05, 0) is 148 Å². The van der Waals surface area contributed by atoms with Crippen LogP contribution < -0.4 is 9.05 Å². The number of hydrogen-bond donors (Lipinski definition) is 0. The van der Waals surface area contributed by atoms with Crippen molar-refractivity contribution in [3.63, 3.8) is 0 Å². The summed E-state index contributed by atoms with van der Waals surface area (Å²) in [6.07, 6.45) is 0. The highest BCUT2D eigenvalue weighted by Crippen LogP contribution is 2.56. The molecule has 0 unspecified atom stereocenters. The Kier molecular flexibility index (Phi) is 17.4. The normalized spacial score (nSPS) is 11.9. The standard InChI is InChI=1S/C72H83O2P/c1-43(2)53-31-23-32-54(44(3)4)65(53)69-61(51-27-19-17-20-28-51)39-41-63(71(69)67-57(47(9)10)35-25-36-58(67)48(11)12)73-75-74-64-42-40-62(52-29-21-18-22-30-52)70(66-55(45(5)6)33-24-34-56(66)46(7)8)72(64)68-59(49(13)14)37-26-38-60(68)50(15)16/h17-50,75H,1-16H3. The molecule has 0 spiro atoms. The predicted molar refractivity (Wildman–Crippen MR) is 328 cm³/mol. The van der Waals surface area contributed by atoms with Gasteiger partial charge < -0.3 is 9.05 Å². The fraction of sp³-hybridized carbons (Fsp3) is 0.333. The summed E-state index contributed by atoms with van der Waals surface area (Å²) in [6, 6.07) is 58.8. The van der Waals surface area contributed by atoms with Gasteiger partial charge in [0, 0.05) is 22.3 Å². The van der Waals surface area contributed by atoms with E-state index in [0.29, 0.717) is 0 Å². The third-order valence-electron chi connectivity index (χ3n) is 15.3. The Morgan fingerprint density at radius 1 is 0.227 bits per heavy atom. The van der Waals surface area contributed by atoms with Crippen molar-refractivity contribution >= 4 is 9.03 Å². The van der Waals surface area contributed by atoms with E-state index < -0.39 is 0 Å². The fourth-order valence-corrected chi connectivity index (χ4v) is 12.1. The second-order valence-corrected chi connectivity index (χ2v) is 23.8. The molecule has 0 aliphatic rings.